The largest absolute Gasteiger partial charge is 0.452 e. The minimum atomic E-state index is -0.736. The number of piperidine rings is 1. The van der Waals surface area contributed by atoms with Crippen LogP contribution in [0.3, 0.4) is 0 Å². The van der Waals surface area contributed by atoms with Crippen molar-refractivity contribution in [3.8, 4) is 0 Å². The molecule has 1 aromatic rings. The number of amides is 1. The highest BCUT2D eigenvalue weighted by atomic mass is 16.6. The van der Waals surface area contributed by atoms with Gasteiger partial charge in [0.25, 0.3) is 11.6 Å². The molecule has 1 saturated carbocycles. The average molecular weight is 446 g/mol. The lowest BCUT2D eigenvalue weighted by Crippen LogP contribution is -2.45. The Morgan fingerprint density at radius 3 is 2.50 bits per heavy atom. The molecule has 1 amide bonds. The summed E-state index contributed by atoms with van der Waals surface area (Å²) in [4.78, 5) is 38.0. The van der Waals surface area contributed by atoms with Crippen LogP contribution in [0.15, 0.2) is 18.2 Å². The Balaban J connectivity index is 1.63. The fraction of sp³-hybridized carbons (Fsp3) is 0.667. The van der Waals surface area contributed by atoms with Crippen LogP contribution >= 0.6 is 0 Å². The first kappa shape index (κ1) is 24.0. The van der Waals surface area contributed by atoms with E-state index >= 15 is 0 Å². The maximum atomic E-state index is 12.5. The van der Waals surface area contributed by atoms with Crippen molar-refractivity contribution in [2.24, 2.45) is 23.7 Å². The Bertz CT molecular complexity index is 848. The monoisotopic (exact) mass is 445 g/mol. The van der Waals surface area contributed by atoms with Crippen LogP contribution in [-0.4, -0.2) is 42.5 Å². The molecule has 0 radical (unpaired) electrons. The topological polar surface area (TPSA) is 102 Å². The van der Waals surface area contributed by atoms with Crippen LogP contribution in [0.1, 0.15) is 63.7 Å². The molecule has 1 saturated heterocycles. The van der Waals surface area contributed by atoms with Crippen LogP contribution < -0.4 is 10.2 Å². The molecule has 0 bridgehead atoms. The van der Waals surface area contributed by atoms with Crippen LogP contribution in [0.2, 0.25) is 0 Å². The predicted molar refractivity (Wildman–Crippen MR) is 123 cm³/mol. The smallest absolute Gasteiger partial charge is 0.338 e. The molecule has 1 N–H and O–H groups in total. The third-order valence-corrected chi connectivity index (χ3v) is 7.00. The zero-order chi connectivity index (χ0) is 23.4. The van der Waals surface area contributed by atoms with Crippen molar-refractivity contribution in [3.63, 3.8) is 0 Å². The van der Waals surface area contributed by atoms with Gasteiger partial charge in [0.05, 0.1) is 10.5 Å². The summed E-state index contributed by atoms with van der Waals surface area (Å²) in [6.45, 7) is 9.68. The highest BCUT2D eigenvalue weighted by Gasteiger charge is 2.30. The number of rotatable bonds is 6. The van der Waals surface area contributed by atoms with Crippen LogP contribution in [0, 0.1) is 33.8 Å². The molecular weight excluding hydrogens is 410 g/mol. The number of hydrogen-bond acceptors (Lipinski definition) is 6. The van der Waals surface area contributed by atoms with Crippen molar-refractivity contribution in [1.82, 2.24) is 5.32 Å². The number of esters is 1. The number of nitro groups is 1. The summed E-state index contributed by atoms with van der Waals surface area (Å²) in [5.74, 6) is 0.722. The predicted octanol–water partition coefficient (Wildman–Crippen LogP) is 4.17. The van der Waals surface area contributed by atoms with Crippen molar-refractivity contribution in [1.29, 1.82) is 0 Å². The van der Waals surface area contributed by atoms with E-state index in [0.29, 0.717) is 29.4 Å². The SMILES string of the molecule is CC1CC(C)CN(c2ccc(C(=O)OCC(=O)NC3CCCC(C)C3C)cc2[N+](=O)[O-])C1. The molecule has 0 spiro atoms. The number of anilines is 1. The van der Waals surface area contributed by atoms with E-state index < -0.39 is 17.5 Å². The zero-order valence-corrected chi connectivity index (χ0v) is 19.5. The van der Waals surface area contributed by atoms with Crippen molar-refractivity contribution >= 4 is 23.3 Å². The number of nitrogens with one attached hydrogen (secondary N) is 1. The van der Waals surface area contributed by atoms with E-state index in [1.807, 2.05) is 4.90 Å². The first-order valence-corrected chi connectivity index (χ1v) is 11.7. The molecule has 2 aliphatic rings. The van der Waals surface area contributed by atoms with E-state index in [2.05, 4.69) is 33.0 Å². The Hall–Kier alpha value is -2.64. The van der Waals surface area contributed by atoms with Gasteiger partial charge in [0.1, 0.15) is 5.69 Å². The number of ether oxygens (including phenoxy) is 1. The molecule has 176 valence electrons. The van der Waals surface area contributed by atoms with Gasteiger partial charge in [0, 0.05) is 25.2 Å². The Morgan fingerprint density at radius 1 is 1.16 bits per heavy atom. The van der Waals surface area contributed by atoms with Gasteiger partial charge in [0.15, 0.2) is 6.61 Å². The van der Waals surface area contributed by atoms with Crippen LogP contribution in [0.25, 0.3) is 0 Å². The van der Waals surface area contributed by atoms with Crippen molar-refractivity contribution in [2.75, 3.05) is 24.6 Å². The second-order valence-corrected chi connectivity index (χ2v) is 9.83. The van der Waals surface area contributed by atoms with Crippen molar-refractivity contribution < 1.29 is 19.2 Å². The van der Waals surface area contributed by atoms with Crippen molar-refractivity contribution in [2.45, 2.75) is 59.4 Å². The quantitative estimate of drug-likeness (QED) is 0.400. The van der Waals surface area contributed by atoms with E-state index in [-0.39, 0.29) is 23.2 Å². The number of hydrogen-bond donors (Lipinski definition) is 1. The molecular formula is C24H35N3O5. The molecule has 1 aliphatic carbocycles. The molecule has 1 aromatic carbocycles. The van der Waals surface area contributed by atoms with E-state index in [9.17, 15) is 19.7 Å². The highest BCUT2D eigenvalue weighted by Crippen LogP contribution is 2.34. The van der Waals surface area contributed by atoms with E-state index in [4.69, 9.17) is 4.74 Å². The number of nitro benzene ring substituents is 1. The average Bonchev–Trinajstić information content (AvgIpc) is 2.74. The minimum absolute atomic E-state index is 0.0750. The zero-order valence-electron chi connectivity index (χ0n) is 19.5. The van der Waals surface area contributed by atoms with Gasteiger partial charge in [0.2, 0.25) is 0 Å². The summed E-state index contributed by atoms with van der Waals surface area (Å²) in [5, 5.41) is 14.7. The standard InChI is InChI=1S/C24H35N3O5/c1-15-10-16(2)13-26(12-15)21-9-8-19(11-22(21)27(30)31)24(29)32-14-23(28)25-20-7-5-6-17(3)18(20)4/h8-9,11,15-18,20H,5-7,10,12-14H2,1-4H3,(H,25,28). The fourth-order valence-corrected chi connectivity index (χ4v) is 5.17. The van der Waals surface area contributed by atoms with Crippen LogP contribution in [0.5, 0.6) is 0 Å². The van der Waals surface area contributed by atoms with Gasteiger partial charge in [-0.1, -0.05) is 40.5 Å². The second-order valence-electron chi connectivity index (χ2n) is 9.83. The van der Waals surface area contributed by atoms with Gasteiger partial charge in [-0.25, -0.2) is 4.79 Å². The third kappa shape index (κ3) is 5.78. The lowest BCUT2D eigenvalue weighted by molar-refractivity contribution is -0.384. The van der Waals surface area contributed by atoms with Gasteiger partial charge < -0.3 is 15.0 Å². The molecule has 2 fully saturated rings. The molecule has 1 heterocycles. The summed E-state index contributed by atoms with van der Waals surface area (Å²) in [5.41, 5.74) is 0.476. The van der Waals surface area contributed by atoms with Crippen molar-refractivity contribution in [3.05, 3.63) is 33.9 Å². The van der Waals surface area contributed by atoms with Gasteiger partial charge in [-0.2, -0.15) is 0 Å². The lowest BCUT2D eigenvalue weighted by atomic mass is 9.78. The third-order valence-electron chi connectivity index (χ3n) is 7.00. The number of carbonyl (C=O) groups is 2. The molecule has 32 heavy (non-hydrogen) atoms. The summed E-state index contributed by atoms with van der Waals surface area (Å²) in [6.07, 6.45) is 4.25. The maximum Gasteiger partial charge on any atom is 0.338 e. The summed E-state index contributed by atoms with van der Waals surface area (Å²) in [7, 11) is 0. The van der Waals surface area contributed by atoms with Gasteiger partial charge in [-0.05, 0) is 48.6 Å². The number of benzene rings is 1. The Labute approximate surface area is 189 Å². The Morgan fingerprint density at radius 2 is 1.84 bits per heavy atom. The molecule has 8 heteroatoms. The van der Waals surface area contributed by atoms with Crippen LogP contribution in [0.4, 0.5) is 11.4 Å². The minimum Gasteiger partial charge on any atom is -0.452 e. The van der Waals surface area contributed by atoms with Gasteiger partial charge in [-0.15, -0.1) is 0 Å². The summed E-state index contributed by atoms with van der Waals surface area (Å²) in [6, 6.07) is 4.49. The normalized spacial score (nSPS) is 28.1. The summed E-state index contributed by atoms with van der Waals surface area (Å²) < 4.78 is 5.16. The van der Waals surface area contributed by atoms with E-state index in [0.717, 1.165) is 38.8 Å². The number of carbonyl (C=O) groups excluding carboxylic acids is 2. The number of nitrogens with zero attached hydrogens (tertiary/aromatic N) is 2. The van der Waals surface area contributed by atoms with Gasteiger partial charge >= 0.3 is 5.97 Å². The molecule has 0 aromatic heterocycles. The van der Waals surface area contributed by atoms with Gasteiger partial charge in [-0.3, -0.25) is 14.9 Å². The molecule has 1 aliphatic heterocycles. The molecule has 3 rings (SSSR count). The molecule has 5 atom stereocenters. The molecule has 5 unspecified atom stereocenters. The van der Waals surface area contributed by atoms with Crippen LogP contribution in [-0.2, 0) is 9.53 Å². The van der Waals surface area contributed by atoms with E-state index in [1.165, 1.54) is 12.1 Å². The molecule has 8 nitrogen and oxygen atoms in total. The fourth-order valence-electron chi connectivity index (χ4n) is 5.17. The van der Waals surface area contributed by atoms with E-state index in [1.54, 1.807) is 6.07 Å². The Kier molecular flexibility index (Phi) is 7.74. The second kappa shape index (κ2) is 10.3. The first-order chi connectivity index (χ1) is 15.2. The maximum absolute atomic E-state index is 12.5. The highest BCUT2D eigenvalue weighted by molar-refractivity contribution is 5.93. The lowest BCUT2D eigenvalue weighted by Gasteiger charge is -2.36. The summed E-state index contributed by atoms with van der Waals surface area (Å²) >= 11 is 0. The first-order valence-electron chi connectivity index (χ1n) is 11.7.